The molecule has 0 aliphatic carbocycles. The van der Waals surface area contributed by atoms with Crippen LogP contribution >= 0.6 is 0 Å². The molecule has 0 aromatic heterocycles. The Balaban J connectivity index is 2.30. The summed E-state index contributed by atoms with van der Waals surface area (Å²) in [6.07, 6.45) is 1.62. The van der Waals surface area contributed by atoms with Crippen LogP contribution in [0.2, 0.25) is 0 Å². The molecule has 1 aliphatic heterocycles. The molecule has 0 atom stereocenters. The molecule has 0 saturated carbocycles. The fourth-order valence-electron chi connectivity index (χ4n) is 3.74. The minimum atomic E-state index is -4.12. The molecule has 43 heavy (non-hydrogen) atoms. The molecule has 1 heterocycles. The zero-order chi connectivity index (χ0) is 32.3. The van der Waals surface area contributed by atoms with Crippen LogP contribution < -0.4 is 0 Å². The van der Waals surface area contributed by atoms with Crippen LogP contribution in [-0.2, 0) is 29.1 Å². The van der Waals surface area contributed by atoms with Crippen molar-refractivity contribution in [3.63, 3.8) is 0 Å². The first-order valence-electron chi connectivity index (χ1n) is 13.4. The molecule has 1 aromatic carbocycles. The Bertz CT molecular complexity index is 1480. The molecule has 230 valence electrons. The number of sulfonamides is 1. The lowest BCUT2D eigenvalue weighted by Crippen LogP contribution is -2.37. The van der Waals surface area contributed by atoms with Gasteiger partial charge in [-0.25, -0.2) is 18.0 Å². The maximum Gasteiger partial charge on any atom is 0.333 e. The Morgan fingerprint density at radius 1 is 1.05 bits per heavy atom. The number of rotatable bonds is 15. The largest absolute Gasteiger partial charge is 0.493 e. The van der Waals surface area contributed by atoms with E-state index in [-0.39, 0.29) is 65.2 Å². The minimum Gasteiger partial charge on any atom is -0.493 e. The number of nitrogens with zero attached hydrogens (tertiary/aromatic N) is 5. The van der Waals surface area contributed by atoms with E-state index in [9.17, 15) is 28.4 Å². The maximum absolute atomic E-state index is 13.4. The van der Waals surface area contributed by atoms with Crippen molar-refractivity contribution in [3.8, 4) is 6.07 Å². The summed E-state index contributed by atoms with van der Waals surface area (Å²) >= 11 is 0. The van der Waals surface area contributed by atoms with Gasteiger partial charge in [-0.3, -0.25) is 0 Å². The highest BCUT2D eigenvalue weighted by atomic mass is 32.2. The first kappa shape index (κ1) is 34.7. The number of esters is 2. The Labute approximate surface area is 252 Å². The summed E-state index contributed by atoms with van der Waals surface area (Å²) in [5.41, 5.74) is 1.81. The molecule has 0 spiro atoms. The summed E-state index contributed by atoms with van der Waals surface area (Å²) in [6, 6.07) is 7.60. The maximum atomic E-state index is 13.4. The van der Waals surface area contributed by atoms with E-state index in [1.54, 1.807) is 6.92 Å². The number of carbonyl (C=O) groups is 2. The van der Waals surface area contributed by atoms with Gasteiger partial charge in [0.05, 0.1) is 21.9 Å². The van der Waals surface area contributed by atoms with Crippen molar-refractivity contribution in [2.24, 2.45) is 10.2 Å². The van der Waals surface area contributed by atoms with E-state index < -0.39 is 22.0 Å². The molecule has 0 fully saturated rings. The van der Waals surface area contributed by atoms with E-state index in [4.69, 9.17) is 9.47 Å². The van der Waals surface area contributed by atoms with Gasteiger partial charge in [0, 0.05) is 36.4 Å². The standard InChI is InChI=1S/C30H37N5O7S/c1-8-9-14-35-23(7)26(19-31)22(6)27(28(35)36)33-32-24-10-12-25(13-11-24)43(39,40)34(15-17-41-29(37)20(2)3)16-18-42-30(38)21(4)5/h10-13,36H,2,4,7-9,14-18H2,1,3,5-6H3/b33-32+. The van der Waals surface area contributed by atoms with Crippen molar-refractivity contribution >= 4 is 27.6 Å². The molecule has 0 bridgehead atoms. The molecule has 0 saturated heterocycles. The number of hydrogen-bond donors (Lipinski definition) is 1. The number of benzene rings is 1. The Morgan fingerprint density at radius 2 is 1.58 bits per heavy atom. The van der Waals surface area contributed by atoms with Gasteiger partial charge < -0.3 is 19.5 Å². The molecule has 0 radical (unpaired) electrons. The Morgan fingerprint density at radius 3 is 2.05 bits per heavy atom. The number of hydrogen-bond acceptors (Lipinski definition) is 11. The number of carbonyl (C=O) groups excluding carboxylic acids is 2. The second-order valence-electron chi connectivity index (χ2n) is 9.67. The highest BCUT2D eigenvalue weighted by Crippen LogP contribution is 2.34. The second kappa shape index (κ2) is 15.6. The summed E-state index contributed by atoms with van der Waals surface area (Å²) < 4.78 is 38.0. The van der Waals surface area contributed by atoms with Crippen LogP contribution in [0.15, 0.2) is 98.7 Å². The second-order valence-corrected chi connectivity index (χ2v) is 11.6. The average molecular weight is 612 g/mol. The smallest absolute Gasteiger partial charge is 0.333 e. The van der Waals surface area contributed by atoms with Crippen LogP contribution in [0.4, 0.5) is 5.69 Å². The lowest BCUT2D eigenvalue weighted by Gasteiger charge is -2.30. The number of aliphatic hydroxyl groups excluding tert-OH is 1. The van der Waals surface area contributed by atoms with Crippen LogP contribution in [0.5, 0.6) is 0 Å². The number of aliphatic hydroxyl groups is 1. The number of nitriles is 1. The van der Waals surface area contributed by atoms with Gasteiger partial charge in [0.25, 0.3) is 0 Å². The lowest BCUT2D eigenvalue weighted by atomic mass is 10.0. The van der Waals surface area contributed by atoms with Crippen molar-refractivity contribution in [2.45, 2.75) is 45.4 Å². The molecular weight excluding hydrogens is 574 g/mol. The number of azo groups is 1. The van der Waals surface area contributed by atoms with Gasteiger partial charge in [0.1, 0.15) is 25.0 Å². The monoisotopic (exact) mass is 611 g/mol. The van der Waals surface area contributed by atoms with E-state index in [1.807, 2.05) is 6.92 Å². The molecule has 13 heteroatoms. The SMILES string of the molecule is C=C(C)C(=O)OCCN(CCOC(=O)C(=C)C)S(=O)(=O)c1ccc(/N=N/C2=C(O)N(CCCC)C(=C)C(C#N)=C2C)cc1. The predicted molar refractivity (Wildman–Crippen MR) is 160 cm³/mol. The fourth-order valence-corrected chi connectivity index (χ4v) is 5.15. The minimum absolute atomic E-state index is 0.0893. The van der Waals surface area contributed by atoms with E-state index in [0.717, 1.165) is 17.1 Å². The van der Waals surface area contributed by atoms with Gasteiger partial charge in [-0.1, -0.05) is 33.1 Å². The first-order chi connectivity index (χ1) is 20.3. The number of ether oxygens (including phenoxy) is 2. The van der Waals surface area contributed by atoms with Crippen molar-refractivity contribution < 1.29 is 32.6 Å². The van der Waals surface area contributed by atoms with Crippen molar-refractivity contribution in [2.75, 3.05) is 32.8 Å². The summed E-state index contributed by atoms with van der Waals surface area (Å²) in [4.78, 5) is 25.0. The van der Waals surface area contributed by atoms with Gasteiger partial charge in [0.15, 0.2) is 0 Å². The zero-order valence-corrected chi connectivity index (χ0v) is 25.7. The van der Waals surface area contributed by atoms with Gasteiger partial charge >= 0.3 is 11.9 Å². The highest BCUT2D eigenvalue weighted by molar-refractivity contribution is 7.89. The average Bonchev–Trinajstić information content (AvgIpc) is 2.96. The molecule has 1 aliphatic rings. The molecule has 2 rings (SSSR count). The summed E-state index contributed by atoms with van der Waals surface area (Å²) in [7, 11) is -4.12. The third kappa shape index (κ3) is 8.97. The Hall–Kier alpha value is -4.54. The lowest BCUT2D eigenvalue weighted by molar-refractivity contribution is -0.139. The highest BCUT2D eigenvalue weighted by Gasteiger charge is 2.29. The van der Waals surface area contributed by atoms with Crippen LogP contribution in [0.25, 0.3) is 0 Å². The topological polar surface area (TPSA) is 162 Å². The third-order valence-corrected chi connectivity index (χ3v) is 8.16. The molecule has 1 aromatic rings. The van der Waals surface area contributed by atoms with Crippen LogP contribution in [0.3, 0.4) is 0 Å². The summed E-state index contributed by atoms with van der Waals surface area (Å²) in [6.45, 7) is 17.0. The summed E-state index contributed by atoms with van der Waals surface area (Å²) in [5, 5.41) is 28.8. The zero-order valence-electron chi connectivity index (χ0n) is 24.9. The normalized spacial score (nSPS) is 13.9. The van der Waals surface area contributed by atoms with Gasteiger partial charge in [0.2, 0.25) is 15.9 Å². The van der Waals surface area contributed by atoms with Crippen molar-refractivity contribution in [3.05, 3.63) is 83.6 Å². The summed E-state index contributed by atoms with van der Waals surface area (Å²) in [5.74, 6) is -1.50. The van der Waals surface area contributed by atoms with Crippen molar-refractivity contribution in [1.29, 1.82) is 5.26 Å². The Kier molecular flexibility index (Phi) is 12.6. The molecule has 0 amide bonds. The predicted octanol–water partition coefficient (Wildman–Crippen LogP) is 5.20. The van der Waals surface area contributed by atoms with Gasteiger partial charge in [-0.05, 0) is 51.5 Å². The van der Waals surface area contributed by atoms with Gasteiger partial charge in [-0.15, -0.1) is 5.11 Å². The number of unbranched alkanes of at least 4 members (excludes halogenated alkanes) is 1. The van der Waals surface area contributed by atoms with Crippen LogP contribution in [-0.4, -0.2) is 67.5 Å². The van der Waals surface area contributed by atoms with E-state index >= 15 is 0 Å². The molecular formula is C30H37N5O7S. The molecule has 12 nitrogen and oxygen atoms in total. The van der Waals surface area contributed by atoms with E-state index in [0.29, 0.717) is 17.8 Å². The molecule has 1 N–H and O–H groups in total. The van der Waals surface area contributed by atoms with Crippen LogP contribution in [0.1, 0.15) is 40.5 Å². The molecule has 0 unspecified atom stereocenters. The fraction of sp³-hybridized carbons (Fsp3) is 0.367. The van der Waals surface area contributed by atoms with E-state index in [1.165, 1.54) is 43.0 Å². The van der Waals surface area contributed by atoms with Crippen LogP contribution in [0, 0.1) is 11.3 Å². The van der Waals surface area contributed by atoms with Gasteiger partial charge in [-0.2, -0.15) is 14.7 Å². The quantitative estimate of drug-likeness (QED) is 0.160. The first-order valence-corrected chi connectivity index (χ1v) is 14.9. The number of allylic oxidation sites excluding steroid dienone is 2. The van der Waals surface area contributed by atoms with E-state index in [2.05, 4.69) is 36.0 Å². The van der Waals surface area contributed by atoms with Crippen molar-refractivity contribution in [1.82, 2.24) is 9.21 Å². The third-order valence-electron chi connectivity index (χ3n) is 6.24.